The van der Waals surface area contributed by atoms with Crippen molar-refractivity contribution in [3.8, 4) is 11.3 Å². The van der Waals surface area contributed by atoms with Gasteiger partial charge in [-0.1, -0.05) is 0 Å². The molecule has 5 heterocycles. The van der Waals surface area contributed by atoms with Crippen LogP contribution in [0.3, 0.4) is 0 Å². The summed E-state index contributed by atoms with van der Waals surface area (Å²) >= 11 is 1.57. The molecule has 0 radical (unpaired) electrons. The van der Waals surface area contributed by atoms with Gasteiger partial charge in [-0.2, -0.15) is 4.98 Å². The van der Waals surface area contributed by atoms with Crippen molar-refractivity contribution in [1.29, 1.82) is 0 Å². The summed E-state index contributed by atoms with van der Waals surface area (Å²) in [6, 6.07) is 3.82. The lowest BCUT2D eigenvalue weighted by molar-refractivity contribution is -0.157. The number of furan rings is 1. The molecule has 11 nitrogen and oxygen atoms in total. The predicted molar refractivity (Wildman–Crippen MR) is 144 cm³/mol. The summed E-state index contributed by atoms with van der Waals surface area (Å²) in [5, 5.41) is 21.4. The monoisotopic (exact) mass is 550 g/mol. The average Bonchev–Trinajstić information content (AvgIpc) is 3.47. The normalized spacial score (nSPS) is 28.4. The second kappa shape index (κ2) is 8.93. The number of aromatic nitrogens is 4. The Balaban J connectivity index is 1.26. The van der Waals surface area contributed by atoms with Crippen molar-refractivity contribution in [2.24, 2.45) is 5.92 Å². The van der Waals surface area contributed by atoms with E-state index in [1.165, 1.54) is 0 Å². The molecule has 7 rings (SSSR count). The van der Waals surface area contributed by atoms with Crippen LogP contribution in [0.1, 0.15) is 36.7 Å². The molecule has 39 heavy (non-hydrogen) atoms. The van der Waals surface area contributed by atoms with E-state index in [0.717, 1.165) is 27.3 Å². The minimum Gasteiger partial charge on any atom is -0.454 e. The molecule has 5 atom stereocenters. The Morgan fingerprint density at radius 1 is 1.23 bits per heavy atom. The number of fused-ring (bicyclic) bond motifs is 1. The standard InChI is InChI=1S/C27H30N6O5S/c1-13-21(18-8-14-7-15(12-35-4)29-10-19(14)36-18)24(33-25(31-13)30-11-20-28-5-6-39-20)32-17-9-16-22(34)27(16)23(17)37-26(2,3)38-27/h5-8,10,16-17,22-23,34H,9,11-12H2,1-4H3,(H2,30,31,32,33)/t16-,17-,22?,23+,27+/m1/s1. The Morgan fingerprint density at radius 2 is 2.10 bits per heavy atom. The quantitative estimate of drug-likeness (QED) is 0.295. The molecule has 0 aromatic carbocycles. The van der Waals surface area contributed by atoms with Gasteiger partial charge in [-0.3, -0.25) is 4.98 Å². The zero-order valence-corrected chi connectivity index (χ0v) is 22.9. The Labute approximate surface area is 229 Å². The van der Waals surface area contributed by atoms with Crippen molar-refractivity contribution in [1.82, 2.24) is 19.9 Å². The molecule has 0 amide bonds. The third kappa shape index (κ3) is 4.09. The number of nitrogens with one attached hydrogen (secondary N) is 2. The van der Waals surface area contributed by atoms with Gasteiger partial charge in [0.25, 0.3) is 0 Å². The number of hydrogen-bond acceptors (Lipinski definition) is 12. The molecule has 2 saturated carbocycles. The highest BCUT2D eigenvalue weighted by molar-refractivity contribution is 7.09. The summed E-state index contributed by atoms with van der Waals surface area (Å²) in [6.45, 7) is 6.65. The van der Waals surface area contributed by atoms with Crippen LogP contribution in [0.25, 0.3) is 22.3 Å². The molecular weight excluding hydrogens is 520 g/mol. The largest absolute Gasteiger partial charge is 0.454 e. The lowest BCUT2D eigenvalue weighted by Crippen LogP contribution is -2.40. The van der Waals surface area contributed by atoms with Crippen LogP contribution in [0, 0.1) is 12.8 Å². The van der Waals surface area contributed by atoms with E-state index in [-0.39, 0.29) is 18.1 Å². The fourth-order valence-corrected chi connectivity index (χ4v) is 6.72. The molecule has 0 bridgehead atoms. The third-order valence-corrected chi connectivity index (χ3v) is 8.54. The molecule has 4 aromatic rings. The molecule has 3 N–H and O–H groups in total. The summed E-state index contributed by atoms with van der Waals surface area (Å²) in [4.78, 5) is 18.4. The van der Waals surface area contributed by atoms with Crippen LogP contribution >= 0.6 is 11.3 Å². The Kier molecular flexibility index (Phi) is 5.69. The molecular formula is C27H30N6O5S. The first-order chi connectivity index (χ1) is 18.8. The second-order valence-electron chi connectivity index (χ2n) is 10.8. The molecule has 204 valence electrons. The lowest BCUT2D eigenvalue weighted by atomic mass is 10.1. The molecule has 1 aliphatic heterocycles. The van der Waals surface area contributed by atoms with Crippen molar-refractivity contribution >= 4 is 34.1 Å². The number of ether oxygens (including phenoxy) is 3. The number of hydrogen-bond donors (Lipinski definition) is 3. The number of pyridine rings is 1. The molecule has 3 fully saturated rings. The van der Waals surface area contributed by atoms with E-state index >= 15 is 0 Å². The summed E-state index contributed by atoms with van der Waals surface area (Å²) in [5.74, 6) is 0.993. The smallest absolute Gasteiger partial charge is 0.225 e. The van der Waals surface area contributed by atoms with Crippen molar-refractivity contribution in [3.63, 3.8) is 0 Å². The zero-order valence-electron chi connectivity index (χ0n) is 22.1. The Hall–Kier alpha value is -3.16. The van der Waals surface area contributed by atoms with E-state index in [9.17, 15) is 5.11 Å². The van der Waals surface area contributed by atoms with Gasteiger partial charge < -0.3 is 34.4 Å². The van der Waals surface area contributed by atoms with Crippen molar-refractivity contribution in [3.05, 3.63) is 46.3 Å². The van der Waals surface area contributed by atoms with Crippen LogP contribution in [0.2, 0.25) is 0 Å². The predicted octanol–water partition coefficient (Wildman–Crippen LogP) is 3.87. The zero-order chi connectivity index (χ0) is 26.9. The van der Waals surface area contributed by atoms with E-state index in [1.54, 1.807) is 30.8 Å². The lowest BCUT2D eigenvalue weighted by Gasteiger charge is -2.26. The number of aliphatic hydroxyl groups excluding tert-OH is 1. The van der Waals surface area contributed by atoms with Gasteiger partial charge >= 0.3 is 0 Å². The molecule has 1 unspecified atom stereocenters. The number of anilines is 2. The highest BCUT2D eigenvalue weighted by Crippen LogP contribution is 2.65. The first-order valence-electron chi connectivity index (χ1n) is 13.0. The minimum atomic E-state index is -0.767. The maximum Gasteiger partial charge on any atom is 0.225 e. The van der Waals surface area contributed by atoms with Crippen LogP contribution in [0.15, 0.2) is 34.3 Å². The highest BCUT2D eigenvalue weighted by Gasteiger charge is 2.81. The van der Waals surface area contributed by atoms with E-state index in [0.29, 0.717) is 42.7 Å². The number of rotatable bonds is 8. The molecule has 1 spiro atoms. The second-order valence-corrected chi connectivity index (χ2v) is 11.8. The summed E-state index contributed by atoms with van der Waals surface area (Å²) in [6.07, 6.45) is 3.37. The third-order valence-electron chi connectivity index (χ3n) is 7.76. The van der Waals surface area contributed by atoms with Crippen molar-refractivity contribution in [2.45, 2.75) is 70.0 Å². The minimum absolute atomic E-state index is 0.0205. The number of thiazole rings is 1. The van der Waals surface area contributed by atoms with Gasteiger partial charge in [-0.05, 0) is 39.3 Å². The van der Waals surface area contributed by atoms with Gasteiger partial charge in [0.1, 0.15) is 28.3 Å². The number of nitrogens with zero attached hydrogens (tertiary/aromatic N) is 4. The van der Waals surface area contributed by atoms with E-state index in [2.05, 4.69) is 20.6 Å². The van der Waals surface area contributed by atoms with Gasteiger partial charge in [0.2, 0.25) is 5.95 Å². The number of methoxy groups -OCH3 is 1. The maximum atomic E-state index is 10.6. The molecule has 12 heteroatoms. The van der Waals surface area contributed by atoms with Gasteiger partial charge in [-0.25, -0.2) is 9.97 Å². The van der Waals surface area contributed by atoms with Gasteiger partial charge in [-0.15, -0.1) is 11.3 Å². The van der Waals surface area contributed by atoms with Crippen LogP contribution in [0.5, 0.6) is 0 Å². The summed E-state index contributed by atoms with van der Waals surface area (Å²) < 4.78 is 24.0. The number of aryl methyl sites for hydroxylation is 1. The first-order valence-corrected chi connectivity index (χ1v) is 13.9. The van der Waals surface area contributed by atoms with Crippen molar-refractivity contribution in [2.75, 3.05) is 17.7 Å². The van der Waals surface area contributed by atoms with Gasteiger partial charge in [0.05, 0.1) is 48.4 Å². The fourth-order valence-electron chi connectivity index (χ4n) is 6.16. The molecule has 2 aliphatic carbocycles. The number of aliphatic hydroxyl groups is 1. The highest BCUT2D eigenvalue weighted by atomic mass is 32.1. The van der Waals surface area contributed by atoms with Gasteiger partial charge in [0.15, 0.2) is 11.4 Å². The van der Waals surface area contributed by atoms with Crippen molar-refractivity contribution < 1.29 is 23.7 Å². The van der Waals surface area contributed by atoms with E-state index in [4.69, 9.17) is 28.6 Å². The van der Waals surface area contributed by atoms with Crippen LogP contribution in [-0.4, -0.2) is 61.8 Å². The fraction of sp³-hybridized carbons (Fsp3) is 0.481. The molecule has 3 aliphatic rings. The van der Waals surface area contributed by atoms with Crippen LogP contribution < -0.4 is 10.6 Å². The van der Waals surface area contributed by atoms with Crippen LogP contribution in [-0.2, 0) is 27.4 Å². The molecule has 4 aromatic heterocycles. The SMILES string of the molecule is COCc1cc2cc(-c3c(C)nc(NCc4nccs4)nc3N[C@@H]3C[C@@H]4C(O)[C@@]45OC(C)(C)O[C@@H]35)oc2cn1. The summed E-state index contributed by atoms with van der Waals surface area (Å²) in [5.41, 5.74) is 2.32. The van der Waals surface area contributed by atoms with E-state index in [1.807, 2.05) is 38.3 Å². The topological polar surface area (TPSA) is 137 Å². The van der Waals surface area contributed by atoms with E-state index < -0.39 is 17.5 Å². The maximum absolute atomic E-state index is 10.6. The van der Waals surface area contributed by atoms with Gasteiger partial charge in [0, 0.05) is 30.0 Å². The first kappa shape index (κ1) is 24.9. The average molecular weight is 551 g/mol. The Morgan fingerprint density at radius 3 is 2.90 bits per heavy atom. The molecule has 1 saturated heterocycles. The Bertz CT molecular complexity index is 1540. The van der Waals surface area contributed by atoms with Crippen LogP contribution in [0.4, 0.5) is 11.8 Å². The summed E-state index contributed by atoms with van der Waals surface area (Å²) in [7, 11) is 1.64.